The second kappa shape index (κ2) is 32.7. The van der Waals surface area contributed by atoms with Crippen LogP contribution in [0.5, 0.6) is 0 Å². The Hall–Kier alpha value is -0.200. The lowest BCUT2D eigenvalue weighted by atomic mass is 10.1. The maximum Gasteiger partial charge on any atom is 0.0110 e. The van der Waals surface area contributed by atoms with E-state index in [1.54, 1.807) is 0 Å². The molecule has 5 heteroatoms. The van der Waals surface area contributed by atoms with Crippen LogP contribution >= 0.6 is 0 Å². The highest BCUT2D eigenvalue weighted by Gasteiger charge is 2.13. The quantitative estimate of drug-likeness (QED) is 0.0790. The fourth-order valence-corrected chi connectivity index (χ4v) is 5.36. The zero-order valence-corrected chi connectivity index (χ0v) is 30.5. The SMILES string of the molecule is CC.CCCCCN(CCCC)CCN(CC)CCN(CC)CCN(CC)CCN(CCCCC)CCCC(C)C. The van der Waals surface area contributed by atoms with E-state index < -0.39 is 0 Å². The second-order valence-electron chi connectivity index (χ2n) is 12.3. The highest BCUT2D eigenvalue weighted by Crippen LogP contribution is 2.07. The Morgan fingerprint density at radius 1 is 0.341 bits per heavy atom. The van der Waals surface area contributed by atoms with Crippen LogP contribution in [0.15, 0.2) is 0 Å². The predicted molar refractivity (Wildman–Crippen MR) is 189 cm³/mol. The Morgan fingerprint density at radius 2 is 0.634 bits per heavy atom. The van der Waals surface area contributed by atoms with Gasteiger partial charge in [-0.15, -0.1) is 0 Å². The van der Waals surface area contributed by atoms with Crippen molar-refractivity contribution in [3.8, 4) is 0 Å². The summed E-state index contributed by atoms with van der Waals surface area (Å²) in [5.41, 5.74) is 0. The molecule has 5 nitrogen and oxygen atoms in total. The van der Waals surface area contributed by atoms with E-state index in [2.05, 4.69) is 79.9 Å². The van der Waals surface area contributed by atoms with E-state index in [0.29, 0.717) is 0 Å². The monoisotopic (exact) mass is 584 g/mol. The second-order valence-corrected chi connectivity index (χ2v) is 12.3. The third-order valence-corrected chi connectivity index (χ3v) is 8.51. The molecule has 0 heterocycles. The molecule has 0 aromatic carbocycles. The first-order chi connectivity index (χ1) is 19.9. The maximum absolute atomic E-state index is 2.75. The van der Waals surface area contributed by atoms with Crippen LogP contribution in [0.2, 0.25) is 0 Å². The van der Waals surface area contributed by atoms with Crippen LogP contribution in [-0.2, 0) is 0 Å². The molecule has 0 bridgehead atoms. The Labute approximate surface area is 261 Å². The summed E-state index contributed by atoms with van der Waals surface area (Å²) in [6.45, 7) is 41.0. The molecule has 0 fully saturated rings. The third kappa shape index (κ3) is 27.1. The molecule has 0 amide bonds. The van der Waals surface area contributed by atoms with Crippen molar-refractivity contribution in [1.82, 2.24) is 24.5 Å². The predicted octanol–water partition coefficient (Wildman–Crippen LogP) is 8.20. The number of unbranched alkanes of at least 4 members (excludes halogenated alkanes) is 5. The van der Waals surface area contributed by atoms with Gasteiger partial charge in [0, 0.05) is 52.4 Å². The lowest BCUT2D eigenvalue weighted by molar-refractivity contribution is 0.159. The summed E-state index contributed by atoms with van der Waals surface area (Å²) in [6.07, 6.45) is 13.4. The van der Waals surface area contributed by atoms with Crippen molar-refractivity contribution in [3.63, 3.8) is 0 Å². The molecule has 41 heavy (non-hydrogen) atoms. The molecule has 0 radical (unpaired) electrons. The molecule has 0 aromatic heterocycles. The van der Waals surface area contributed by atoms with E-state index in [9.17, 15) is 0 Å². The van der Waals surface area contributed by atoms with E-state index in [1.807, 2.05) is 13.8 Å². The zero-order chi connectivity index (χ0) is 31.1. The molecule has 0 unspecified atom stereocenters. The topological polar surface area (TPSA) is 16.2 Å². The van der Waals surface area contributed by atoms with Gasteiger partial charge in [-0.3, -0.25) is 0 Å². The molecule has 0 aliphatic carbocycles. The molecule has 0 saturated carbocycles. The van der Waals surface area contributed by atoms with Gasteiger partial charge in [0.2, 0.25) is 0 Å². The minimum atomic E-state index is 0.823. The zero-order valence-electron chi connectivity index (χ0n) is 30.5. The van der Waals surface area contributed by atoms with Crippen LogP contribution in [0, 0.1) is 5.92 Å². The molecule has 0 atom stereocenters. The summed E-state index contributed by atoms with van der Waals surface area (Å²) < 4.78 is 0. The van der Waals surface area contributed by atoms with Crippen LogP contribution in [-0.4, -0.2) is 123 Å². The van der Waals surface area contributed by atoms with Crippen molar-refractivity contribution < 1.29 is 0 Å². The number of rotatable bonds is 30. The van der Waals surface area contributed by atoms with Gasteiger partial charge in [-0.1, -0.05) is 101 Å². The highest BCUT2D eigenvalue weighted by molar-refractivity contribution is 4.69. The Balaban J connectivity index is 0. The number of nitrogens with zero attached hydrogens (tertiary/aromatic N) is 5. The summed E-state index contributed by atoms with van der Waals surface area (Å²) in [5.74, 6) is 0.823. The van der Waals surface area contributed by atoms with Crippen molar-refractivity contribution in [1.29, 1.82) is 0 Å². The van der Waals surface area contributed by atoms with E-state index in [0.717, 1.165) is 12.5 Å². The summed E-state index contributed by atoms with van der Waals surface area (Å²) in [5, 5.41) is 0. The van der Waals surface area contributed by atoms with Gasteiger partial charge in [-0.25, -0.2) is 0 Å². The van der Waals surface area contributed by atoms with Crippen LogP contribution in [0.1, 0.15) is 133 Å². The Morgan fingerprint density at radius 3 is 0.927 bits per heavy atom. The normalized spacial score (nSPS) is 12.0. The van der Waals surface area contributed by atoms with Gasteiger partial charge in [0.25, 0.3) is 0 Å². The molecule has 0 spiro atoms. The van der Waals surface area contributed by atoms with Gasteiger partial charge in [0.1, 0.15) is 0 Å². The fourth-order valence-electron chi connectivity index (χ4n) is 5.36. The summed E-state index contributed by atoms with van der Waals surface area (Å²) in [7, 11) is 0. The molecular weight excluding hydrogens is 502 g/mol. The van der Waals surface area contributed by atoms with Crippen molar-refractivity contribution in [2.24, 2.45) is 5.92 Å². The largest absolute Gasteiger partial charge is 0.302 e. The molecular formula is C36H81N5. The molecule has 0 aliphatic rings. The smallest absolute Gasteiger partial charge is 0.0110 e. The first-order valence-corrected chi connectivity index (χ1v) is 18.5. The van der Waals surface area contributed by atoms with Crippen molar-refractivity contribution in [3.05, 3.63) is 0 Å². The molecule has 0 aromatic rings. The lowest BCUT2D eigenvalue weighted by Gasteiger charge is -2.31. The van der Waals surface area contributed by atoms with Crippen LogP contribution in [0.25, 0.3) is 0 Å². The van der Waals surface area contributed by atoms with Crippen molar-refractivity contribution in [2.45, 2.75) is 133 Å². The van der Waals surface area contributed by atoms with E-state index in [4.69, 9.17) is 0 Å². The van der Waals surface area contributed by atoms with E-state index in [-0.39, 0.29) is 0 Å². The first-order valence-electron chi connectivity index (χ1n) is 18.5. The fraction of sp³-hybridized carbons (Fsp3) is 1.00. The van der Waals surface area contributed by atoms with E-state index in [1.165, 1.54) is 156 Å². The summed E-state index contributed by atoms with van der Waals surface area (Å²) in [4.78, 5) is 13.5. The average molecular weight is 584 g/mol. The van der Waals surface area contributed by atoms with E-state index >= 15 is 0 Å². The van der Waals surface area contributed by atoms with Crippen molar-refractivity contribution >= 4 is 0 Å². The summed E-state index contributed by atoms with van der Waals surface area (Å²) >= 11 is 0. The summed E-state index contributed by atoms with van der Waals surface area (Å²) in [6, 6.07) is 0. The van der Waals surface area contributed by atoms with Gasteiger partial charge in [0.05, 0.1) is 0 Å². The lowest BCUT2D eigenvalue weighted by Crippen LogP contribution is -2.43. The van der Waals surface area contributed by atoms with Crippen LogP contribution < -0.4 is 0 Å². The molecule has 0 aliphatic heterocycles. The standard InChI is InChI=1S/C34H75N5.C2H6/c1-9-15-18-23-38(22-17-11-3)32-30-36(13-5)28-26-35(12-4)27-29-37(14-6)31-33-39(24-19-16-10-2)25-20-21-34(7)8;1-2/h34H,9-33H2,1-8H3;1-2H3. The molecule has 250 valence electrons. The minimum Gasteiger partial charge on any atom is -0.302 e. The third-order valence-electron chi connectivity index (χ3n) is 8.51. The van der Waals surface area contributed by atoms with Gasteiger partial charge < -0.3 is 24.5 Å². The van der Waals surface area contributed by atoms with Crippen LogP contribution in [0.4, 0.5) is 0 Å². The number of hydrogen-bond donors (Lipinski definition) is 0. The minimum absolute atomic E-state index is 0.823. The number of hydrogen-bond acceptors (Lipinski definition) is 5. The van der Waals surface area contributed by atoms with Gasteiger partial charge in [-0.05, 0) is 83.8 Å². The Kier molecular flexibility index (Phi) is 34.2. The van der Waals surface area contributed by atoms with Gasteiger partial charge in [0.15, 0.2) is 0 Å². The van der Waals surface area contributed by atoms with Gasteiger partial charge >= 0.3 is 0 Å². The molecule has 0 rings (SSSR count). The van der Waals surface area contributed by atoms with Gasteiger partial charge in [-0.2, -0.15) is 0 Å². The number of likely N-dealkylation sites (N-methyl/N-ethyl adjacent to an activating group) is 3. The van der Waals surface area contributed by atoms with Crippen molar-refractivity contribution in [2.75, 3.05) is 98.2 Å². The highest BCUT2D eigenvalue weighted by atomic mass is 15.2. The average Bonchev–Trinajstić information content (AvgIpc) is 2.98. The molecule has 0 N–H and O–H groups in total. The van der Waals surface area contributed by atoms with Crippen LogP contribution in [0.3, 0.4) is 0 Å². The first kappa shape index (κ1) is 42.9. The molecule has 0 saturated heterocycles. The Bertz CT molecular complexity index is 487. The maximum atomic E-state index is 2.75.